The Morgan fingerprint density at radius 1 is 0.917 bits per heavy atom. The van der Waals surface area contributed by atoms with E-state index >= 15 is 0 Å². The molecule has 0 aromatic heterocycles. The third-order valence-electron chi connectivity index (χ3n) is 6.14. The molecule has 0 amide bonds. The van der Waals surface area contributed by atoms with Gasteiger partial charge in [-0.2, -0.15) is 0 Å². The zero-order valence-corrected chi connectivity index (χ0v) is 14.2. The second-order valence-corrected chi connectivity index (χ2v) is 7.08. The minimum absolute atomic E-state index is 0.133. The van der Waals surface area contributed by atoms with Gasteiger partial charge in [0, 0.05) is 5.41 Å². The van der Waals surface area contributed by atoms with Gasteiger partial charge in [0.1, 0.15) is 0 Å². The summed E-state index contributed by atoms with van der Waals surface area (Å²) in [5.74, 6) is 1.21. The van der Waals surface area contributed by atoms with E-state index in [4.69, 9.17) is 4.74 Å². The molecule has 24 heavy (non-hydrogen) atoms. The number of rotatable bonds is 4. The van der Waals surface area contributed by atoms with Gasteiger partial charge in [-0.3, -0.25) is 0 Å². The molecule has 0 atom stereocenters. The van der Waals surface area contributed by atoms with E-state index in [0.717, 1.165) is 11.8 Å². The van der Waals surface area contributed by atoms with Crippen LogP contribution < -0.4 is 0 Å². The maximum absolute atomic E-state index is 11.9. The van der Waals surface area contributed by atoms with Crippen LogP contribution in [0.3, 0.4) is 0 Å². The van der Waals surface area contributed by atoms with Crippen LogP contribution in [0.15, 0.2) is 54.6 Å². The Morgan fingerprint density at radius 3 is 2.00 bits per heavy atom. The van der Waals surface area contributed by atoms with Gasteiger partial charge in [-0.15, -0.1) is 0 Å². The standard InChI is InChI=1S/C22H24O2/c1-2-24-21(23)16-8-10-18(11-9-16)22(17-6-4-3-5-7-17)19-12-13-20(22)15-14-19/h3-11,19-20H,2,12-15H2,1H3. The second kappa shape index (κ2) is 6.08. The van der Waals surface area contributed by atoms with Crippen molar-refractivity contribution in [3.8, 4) is 0 Å². The second-order valence-electron chi connectivity index (χ2n) is 7.08. The Morgan fingerprint density at radius 2 is 1.46 bits per heavy atom. The molecular formula is C22H24O2. The SMILES string of the molecule is CCOC(=O)c1ccc(C2(c3ccccc3)C3CCC2CC3)cc1. The zero-order chi connectivity index (χ0) is 16.6. The molecule has 124 valence electrons. The molecule has 2 aromatic rings. The fourth-order valence-electron chi connectivity index (χ4n) is 5.26. The average molecular weight is 320 g/mol. The number of hydrogen-bond donors (Lipinski definition) is 0. The Bertz CT molecular complexity index is 697. The zero-order valence-electron chi connectivity index (χ0n) is 14.2. The summed E-state index contributed by atoms with van der Waals surface area (Å²) >= 11 is 0. The molecule has 0 aliphatic heterocycles. The monoisotopic (exact) mass is 320 g/mol. The first-order valence-corrected chi connectivity index (χ1v) is 9.10. The van der Waals surface area contributed by atoms with Crippen LogP contribution in [0, 0.1) is 11.8 Å². The summed E-state index contributed by atoms with van der Waals surface area (Å²) in [5.41, 5.74) is 3.59. The molecule has 0 heterocycles. The summed E-state index contributed by atoms with van der Waals surface area (Å²) in [6.07, 6.45) is 5.27. The van der Waals surface area contributed by atoms with Crippen molar-refractivity contribution in [3.05, 3.63) is 71.3 Å². The number of esters is 1. The van der Waals surface area contributed by atoms with E-state index in [1.807, 2.05) is 19.1 Å². The van der Waals surface area contributed by atoms with Gasteiger partial charge in [-0.25, -0.2) is 4.79 Å². The van der Waals surface area contributed by atoms with Gasteiger partial charge in [0.2, 0.25) is 0 Å². The molecule has 0 spiro atoms. The molecule has 2 aliphatic carbocycles. The summed E-state index contributed by atoms with van der Waals surface area (Å²) in [6, 6.07) is 19.2. The van der Waals surface area contributed by atoms with E-state index < -0.39 is 0 Å². The number of hydrogen-bond acceptors (Lipinski definition) is 2. The fourth-order valence-corrected chi connectivity index (χ4v) is 5.26. The first kappa shape index (κ1) is 15.4. The van der Waals surface area contributed by atoms with E-state index in [9.17, 15) is 4.79 Å². The Hall–Kier alpha value is -2.09. The van der Waals surface area contributed by atoms with Gasteiger partial charge in [0.05, 0.1) is 12.2 Å². The molecule has 2 bridgehead atoms. The maximum atomic E-state index is 11.9. The van der Waals surface area contributed by atoms with E-state index in [1.54, 1.807) is 0 Å². The van der Waals surface area contributed by atoms with Crippen molar-refractivity contribution in [1.29, 1.82) is 0 Å². The number of fused-ring (bicyclic) bond motifs is 2. The van der Waals surface area contributed by atoms with E-state index in [1.165, 1.54) is 36.8 Å². The molecule has 4 rings (SSSR count). The van der Waals surface area contributed by atoms with Crippen molar-refractivity contribution in [2.75, 3.05) is 6.61 Å². The molecule has 0 unspecified atom stereocenters. The summed E-state index contributed by atoms with van der Waals surface area (Å²) in [4.78, 5) is 11.9. The number of benzene rings is 2. The molecular weight excluding hydrogens is 296 g/mol. The Balaban J connectivity index is 1.77. The number of ether oxygens (including phenoxy) is 1. The lowest BCUT2D eigenvalue weighted by atomic mass is 9.67. The first-order valence-electron chi connectivity index (χ1n) is 9.10. The summed E-state index contributed by atoms with van der Waals surface area (Å²) in [5, 5.41) is 0. The van der Waals surface area contributed by atoms with Crippen LogP contribution >= 0.6 is 0 Å². The maximum Gasteiger partial charge on any atom is 0.338 e. The lowest BCUT2D eigenvalue weighted by Crippen LogP contribution is -2.33. The molecule has 0 saturated heterocycles. The lowest BCUT2D eigenvalue weighted by Gasteiger charge is -2.36. The highest BCUT2D eigenvalue weighted by Crippen LogP contribution is 2.62. The fraction of sp³-hybridized carbons (Fsp3) is 0.409. The number of carbonyl (C=O) groups excluding carboxylic acids is 1. The van der Waals surface area contributed by atoms with Gasteiger partial charge < -0.3 is 4.74 Å². The van der Waals surface area contributed by atoms with Crippen LogP contribution in [0.4, 0.5) is 0 Å². The van der Waals surface area contributed by atoms with E-state index in [-0.39, 0.29) is 11.4 Å². The van der Waals surface area contributed by atoms with Crippen molar-refractivity contribution in [1.82, 2.24) is 0 Å². The van der Waals surface area contributed by atoms with Crippen molar-refractivity contribution in [2.45, 2.75) is 38.0 Å². The largest absolute Gasteiger partial charge is 0.462 e. The van der Waals surface area contributed by atoms with Crippen molar-refractivity contribution < 1.29 is 9.53 Å². The summed E-state index contributed by atoms with van der Waals surface area (Å²) in [7, 11) is 0. The topological polar surface area (TPSA) is 26.3 Å². The van der Waals surface area contributed by atoms with Crippen molar-refractivity contribution in [2.24, 2.45) is 11.8 Å². The van der Waals surface area contributed by atoms with E-state index in [2.05, 4.69) is 42.5 Å². The summed E-state index contributed by atoms with van der Waals surface area (Å²) in [6.45, 7) is 2.26. The number of carbonyl (C=O) groups is 1. The van der Waals surface area contributed by atoms with Crippen LogP contribution in [-0.2, 0) is 10.2 Å². The average Bonchev–Trinajstić information content (AvgIpc) is 3.19. The van der Waals surface area contributed by atoms with Crippen molar-refractivity contribution >= 4 is 5.97 Å². The normalized spacial score (nSPS) is 28.0. The highest BCUT2D eigenvalue weighted by molar-refractivity contribution is 5.89. The summed E-state index contributed by atoms with van der Waals surface area (Å²) < 4.78 is 5.12. The molecule has 2 fully saturated rings. The van der Waals surface area contributed by atoms with Crippen LogP contribution in [0.25, 0.3) is 0 Å². The molecule has 2 saturated carbocycles. The smallest absolute Gasteiger partial charge is 0.338 e. The van der Waals surface area contributed by atoms with Gasteiger partial charge >= 0.3 is 5.97 Å². The molecule has 2 aromatic carbocycles. The first-order chi connectivity index (χ1) is 11.8. The van der Waals surface area contributed by atoms with Crippen LogP contribution in [0.2, 0.25) is 0 Å². The third kappa shape index (κ3) is 2.20. The van der Waals surface area contributed by atoms with Gasteiger partial charge in [0.15, 0.2) is 0 Å². The Labute approximate surface area is 143 Å². The van der Waals surface area contributed by atoms with Gasteiger partial charge in [-0.05, 0) is 67.7 Å². The van der Waals surface area contributed by atoms with Crippen LogP contribution in [0.5, 0.6) is 0 Å². The van der Waals surface area contributed by atoms with E-state index in [0.29, 0.717) is 12.2 Å². The van der Waals surface area contributed by atoms with Crippen LogP contribution in [-0.4, -0.2) is 12.6 Å². The molecule has 2 heteroatoms. The lowest BCUT2D eigenvalue weighted by molar-refractivity contribution is 0.0526. The van der Waals surface area contributed by atoms with Crippen molar-refractivity contribution in [3.63, 3.8) is 0 Å². The molecule has 2 aliphatic rings. The van der Waals surface area contributed by atoms with Gasteiger partial charge in [0.25, 0.3) is 0 Å². The highest BCUT2D eigenvalue weighted by Gasteiger charge is 2.55. The van der Waals surface area contributed by atoms with Gasteiger partial charge in [-0.1, -0.05) is 42.5 Å². The minimum atomic E-state index is -0.229. The quantitative estimate of drug-likeness (QED) is 0.744. The van der Waals surface area contributed by atoms with Crippen LogP contribution in [0.1, 0.15) is 54.1 Å². The predicted octanol–water partition coefficient (Wildman–Crippen LogP) is 4.97. The predicted molar refractivity (Wildman–Crippen MR) is 95.1 cm³/mol. The molecule has 0 radical (unpaired) electrons. The Kier molecular flexibility index (Phi) is 3.91. The molecule has 0 N–H and O–H groups in total. The third-order valence-corrected chi connectivity index (χ3v) is 6.14. The minimum Gasteiger partial charge on any atom is -0.462 e. The molecule has 2 nitrogen and oxygen atoms in total. The highest BCUT2D eigenvalue weighted by atomic mass is 16.5.